The SMILES string of the molecule is CC(N[C@H]1C[C@@H](O)CNC(=O)[C@@H]2[C@@H](O)[C@@H](C)CN2C(=O)[C@H]([C@H](O)CCN(C(=O)OCC2c3ccccc3-c3ccccc32)C(CO)CO)NC(=O)[C@H]([C@H](O)Cc2ccc(O)c(OSOOO)c2)NC(=O)[C@@H]2C[C@@H](O)CN2C(=O)[C@H]([C@@H](C)O)NC1=O)c1ccc(-c2ccc(N3CCCN(C4CCCCC4)CC3)cc2)cc1. The van der Waals surface area contributed by atoms with E-state index in [1.54, 1.807) is 6.92 Å². The van der Waals surface area contributed by atoms with E-state index in [0.717, 1.165) is 92.4 Å². The molecule has 1 saturated carbocycles. The lowest BCUT2D eigenvalue weighted by molar-refractivity contribution is -0.433. The van der Waals surface area contributed by atoms with Crippen LogP contribution in [0.1, 0.15) is 113 Å². The number of anilines is 1. The molecule has 596 valence electrons. The van der Waals surface area contributed by atoms with Gasteiger partial charge in [0.05, 0.1) is 61.9 Å². The van der Waals surface area contributed by atoms with Gasteiger partial charge in [-0.1, -0.05) is 127 Å². The Balaban J connectivity index is 0.877. The van der Waals surface area contributed by atoms with Crippen molar-refractivity contribution in [3.8, 4) is 33.8 Å². The van der Waals surface area contributed by atoms with Crippen molar-refractivity contribution in [1.82, 2.24) is 46.2 Å². The highest BCUT2D eigenvalue weighted by atomic mass is 32.2. The Kier molecular flexibility index (Phi) is 28.5. The van der Waals surface area contributed by atoms with Gasteiger partial charge in [-0.25, -0.2) is 10.1 Å². The summed E-state index contributed by atoms with van der Waals surface area (Å²) in [7, 11) is 0. The fourth-order valence-corrected chi connectivity index (χ4v) is 16.4. The Bertz CT molecular complexity index is 3920. The number of phenols is 1. The number of phenolic OH excluding ortho intramolecular Hbond substituents is 1. The van der Waals surface area contributed by atoms with Crippen LogP contribution in [0.2, 0.25) is 0 Å². The molecule has 5 aromatic carbocycles. The number of ether oxygens (including phenoxy) is 1. The Hall–Kier alpha value is -8.58. The van der Waals surface area contributed by atoms with E-state index in [4.69, 9.17) is 14.2 Å². The van der Waals surface area contributed by atoms with Gasteiger partial charge >= 0.3 is 6.09 Å². The molecule has 110 heavy (non-hydrogen) atoms. The maximum absolute atomic E-state index is 15.6. The maximum Gasteiger partial charge on any atom is 0.410 e. The molecule has 0 aromatic heterocycles. The molecule has 0 spiro atoms. The molecule has 31 nitrogen and oxygen atoms in total. The van der Waals surface area contributed by atoms with E-state index < -0.39 is 209 Å². The first-order chi connectivity index (χ1) is 52.9. The number of aliphatic hydroxyl groups is 8. The normalized spacial score (nSPS) is 25.5. The number of carbonyl (C=O) groups is 7. The average molecular weight is 1550 g/mol. The lowest BCUT2D eigenvalue weighted by atomic mass is 9.94. The first-order valence-electron chi connectivity index (χ1n) is 37.8. The van der Waals surface area contributed by atoms with Crippen LogP contribution in [0.15, 0.2) is 115 Å². The molecule has 6 aliphatic rings. The summed E-state index contributed by atoms with van der Waals surface area (Å²) in [5.41, 5.74) is 7.40. The van der Waals surface area contributed by atoms with Crippen LogP contribution in [0.3, 0.4) is 0 Å². The molecule has 4 heterocycles. The summed E-state index contributed by atoms with van der Waals surface area (Å²) < 4.78 is 15.4. The van der Waals surface area contributed by atoms with Gasteiger partial charge in [-0.15, -0.1) is 0 Å². The van der Waals surface area contributed by atoms with Crippen molar-refractivity contribution >= 4 is 59.5 Å². The van der Waals surface area contributed by atoms with Crippen LogP contribution in [0.4, 0.5) is 10.5 Å². The second kappa shape index (κ2) is 38.1. The maximum atomic E-state index is 15.6. The highest BCUT2D eigenvalue weighted by molar-refractivity contribution is 7.90. The van der Waals surface area contributed by atoms with E-state index in [9.17, 15) is 65.1 Å². The zero-order valence-corrected chi connectivity index (χ0v) is 62.6. The van der Waals surface area contributed by atoms with Crippen molar-refractivity contribution in [3.63, 3.8) is 0 Å². The molecular formula is C78H102N10O21S. The average Bonchev–Trinajstić information content (AvgIpc) is 1.62. The van der Waals surface area contributed by atoms with Gasteiger partial charge < -0.3 is 95.7 Å². The van der Waals surface area contributed by atoms with Crippen LogP contribution in [-0.2, 0) is 49.3 Å². The number of carbonyl (C=O) groups excluding carboxylic acids is 7. The van der Waals surface area contributed by atoms with Gasteiger partial charge in [0, 0.05) is 94.8 Å². The minimum atomic E-state index is -2.23. The monoisotopic (exact) mass is 1550 g/mol. The molecule has 14 atom stereocenters. The number of β-amino-alcohol motifs (C(OH)–C–C–N with tert-alkyl or cyclic N) is 1. The van der Waals surface area contributed by atoms with Crippen LogP contribution >= 0.6 is 12.3 Å². The summed E-state index contributed by atoms with van der Waals surface area (Å²) in [6.45, 7) is 4.46. The third-order valence-corrected chi connectivity index (χ3v) is 22.6. The van der Waals surface area contributed by atoms with Crippen LogP contribution in [0, 0.1) is 5.92 Å². The number of hydrogen-bond donors (Lipinski definition) is 15. The summed E-state index contributed by atoms with van der Waals surface area (Å²) >= 11 is 0.0665. The van der Waals surface area contributed by atoms with E-state index in [-0.39, 0.29) is 30.2 Å². The molecular weight excluding hydrogens is 1440 g/mol. The lowest BCUT2D eigenvalue weighted by Gasteiger charge is -2.35. The molecule has 0 radical (unpaired) electrons. The van der Waals surface area contributed by atoms with Gasteiger partial charge in [0.15, 0.2) is 11.5 Å². The number of benzene rings is 5. The summed E-state index contributed by atoms with van der Waals surface area (Å²) in [4.78, 5) is 113. The quantitative estimate of drug-likeness (QED) is 0.0193. The van der Waals surface area contributed by atoms with Gasteiger partial charge in [0.1, 0.15) is 36.8 Å². The Morgan fingerprint density at radius 3 is 1.99 bits per heavy atom. The van der Waals surface area contributed by atoms with Gasteiger partial charge in [-0.05, 0) is 115 Å². The molecule has 4 aliphatic heterocycles. The molecule has 5 aromatic rings. The van der Waals surface area contributed by atoms with Crippen molar-refractivity contribution in [2.75, 3.05) is 77.1 Å². The molecule has 4 saturated heterocycles. The predicted octanol–water partition coefficient (Wildman–Crippen LogP) is 2.13. The topological polar surface area (TPSA) is 435 Å². The van der Waals surface area contributed by atoms with Gasteiger partial charge in [-0.2, -0.15) is 0 Å². The zero-order chi connectivity index (χ0) is 78.4. The van der Waals surface area contributed by atoms with E-state index in [1.807, 2.05) is 72.8 Å². The standard InChI is InChI=1S/C78H102N10O21S/c1-44-39-88-70(71(44)97)75(101)79-38-54(92)36-61(80-45(2)48-19-21-49(22-20-48)50-23-25-52(26-24-50)85-30-11-29-84(32-33-85)51-12-5-4-6-13-51)72(98)81-67(46(3)91)76(102)87-40-55(93)37-62(87)73(99)82-68(65(96)34-47-18-27-63(94)66(35-47)107-110-109-108-105)74(100)83-69(77(88)103)64(95)28-31-86(53(41-89)42-90)78(104)106-43-60-58-16-9-7-14-56(58)57-15-8-10-17-59(57)60/h7-10,14-27,35,44-46,51,53-55,60-62,64-65,67-71,80,89-97,105H,4-6,11-13,28-34,36-43H2,1-3H3,(H,79,101)(H,81,98)(H,82,99)(H,83,100)/t44-,45?,46+,54+,55+,61-,62-,64+,65+,67-,68-,69-,70-,71-/m0/s1. The highest BCUT2D eigenvalue weighted by Gasteiger charge is 2.50. The third-order valence-electron chi connectivity index (χ3n) is 22.2. The van der Waals surface area contributed by atoms with Crippen molar-refractivity contribution in [1.29, 1.82) is 0 Å². The molecule has 5 fully saturated rings. The fourth-order valence-electron chi connectivity index (χ4n) is 16.1. The van der Waals surface area contributed by atoms with Crippen LogP contribution in [-0.4, -0.2) is 269 Å². The molecule has 0 bridgehead atoms. The molecule has 11 rings (SSSR count). The zero-order valence-electron chi connectivity index (χ0n) is 61.7. The number of nitrogens with one attached hydrogen (secondary N) is 5. The van der Waals surface area contributed by atoms with Crippen LogP contribution in [0.25, 0.3) is 22.3 Å². The Morgan fingerprint density at radius 2 is 1.33 bits per heavy atom. The molecule has 15 N–H and O–H groups in total. The van der Waals surface area contributed by atoms with Crippen molar-refractivity contribution in [2.45, 2.75) is 182 Å². The van der Waals surface area contributed by atoms with Gasteiger partial charge in [0.2, 0.25) is 35.4 Å². The molecule has 7 amide bonds. The van der Waals surface area contributed by atoms with E-state index >= 15 is 14.4 Å². The van der Waals surface area contributed by atoms with E-state index in [0.29, 0.717) is 11.6 Å². The van der Waals surface area contributed by atoms with Crippen LogP contribution in [0.5, 0.6) is 11.5 Å². The Morgan fingerprint density at radius 1 is 0.682 bits per heavy atom. The first kappa shape index (κ1) is 82.4. The summed E-state index contributed by atoms with van der Waals surface area (Å²) in [5, 5.41) is 129. The number of amides is 7. The van der Waals surface area contributed by atoms with E-state index in [1.165, 1.54) is 58.1 Å². The lowest BCUT2D eigenvalue weighted by Crippen LogP contribution is -2.64. The minimum absolute atomic E-state index is 0.0665. The molecule has 1 unspecified atom stereocenters. The number of hydrogen-bond acceptors (Lipinski definition) is 25. The fraction of sp³-hybridized carbons (Fsp3) is 0.526. The number of rotatable bonds is 23. The minimum Gasteiger partial charge on any atom is -0.504 e. The predicted molar refractivity (Wildman–Crippen MR) is 402 cm³/mol. The second-order valence-electron chi connectivity index (χ2n) is 29.7. The van der Waals surface area contributed by atoms with Gasteiger partial charge in [-0.3, -0.25) is 39.0 Å². The number of nitrogens with zero attached hydrogens (tertiary/aromatic N) is 5. The van der Waals surface area contributed by atoms with Crippen molar-refractivity contribution in [3.05, 3.63) is 138 Å². The summed E-state index contributed by atoms with van der Waals surface area (Å²) in [5.74, 6) is -9.04. The highest BCUT2D eigenvalue weighted by Crippen LogP contribution is 2.45. The third kappa shape index (κ3) is 19.6. The molecule has 2 aliphatic carbocycles. The number of fused-ring (bicyclic) bond motifs is 5. The summed E-state index contributed by atoms with van der Waals surface area (Å²) in [6.07, 6.45) is -6.40. The number of aromatic hydroxyl groups is 1. The van der Waals surface area contributed by atoms with Crippen molar-refractivity contribution < 1.29 is 103 Å². The van der Waals surface area contributed by atoms with Crippen molar-refractivity contribution in [2.24, 2.45) is 5.92 Å². The smallest absolute Gasteiger partial charge is 0.410 e. The Labute approximate surface area is 642 Å². The summed E-state index contributed by atoms with van der Waals surface area (Å²) in [6, 6.07) is 22.1. The molecule has 32 heteroatoms. The second-order valence-corrected chi connectivity index (χ2v) is 30.1. The van der Waals surface area contributed by atoms with Crippen LogP contribution < -0.4 is 35.7 Å². The largest absolute Gasteiger partial charge is 0.504 e. The van der Waals surface area contributed by atoms with Gasteiger partial charge in [0.25, 0.3) is 12.3 Å². The van der Waals surface area contributed by atoms with E-state index in [2.05, 4.69) is 70.0 Å². The number of aliphatic hydroxyl groups excluding tert-OH is 8. The first-order valence-corrected chi connectivity index (χ1v) is 38.4.